The first-order chi connectivity index (χ1) is 22.0. The summed E-state index contributed by atoms with van der Waals surface area (Å²) in [7, 11) is 2.82. The zero-order chi connectivity index (χ0) is 34.6. The number of hydrogen-bond acceptors (Lipinski definition) is 7. The lowest BCUT2D eigenvalue weighted by Gasteiger charge is -2.32. The van der Waals surface area contributed by atoms with Gasteiger partial charge in [0, 0.05) is 66.7 Å². The van der Waals surface area contributed by atoms with Gasteiger partial charge in [0.25, 0.3) is 0 Å². The Bertz CT molecular complexity index is 1570. The number of ether oxygens (including phenoxy) is 2. The predicted molar refractivity (Wildman–Crippen MR) is 186 cm³/mol. The van der Waals surface area contributed by atoms with E-state index in [0.29, 0.717) is 12.3 Å². The molecule has 252 valence electrons. The molecule has 0 radical (unpaired) electrons. The van der Waals surface area contributed by atoms with Crippen molar-refractivity contribution in [1.29, 1.82) is 0 Å². The molecule has 10 nitrogen and oxygen atoms in total. The Morgan fingerprint density at radius 3 is 2.30 bits per heavy atom. The van der Waals surface area contributed by atoms with Crippen LogP contribution in [-0.2, 0) is 18.8 Å². The Balaban J connectivity index is 1.57. The molecule has 0 spiro atoms. The summed E-state index contributed by atoms with van der Waals surface area (Å²) in [5.41, 5.74) is 3.23. The number of allylic oxidation sites excluding steroid dienone is 1. The Morgan fingerprint density at radius 1 is 1.04 bits per heavy atom. The molecular weight excluding hydrogens is 595 g/mol. The number of fused-ring (bicyclic) bond motifs is 1. The van der Waals surface area contributed by atoms with Crippen LogP contribution >= 0.6 is 0 Å². The molecule has 0 atom stereocenters. The molecule has 1 saturated heterocycles. The quantitative estimate of drug-likeness (QED) is 0.184. The number of aromatic amines is 1. The number of amides is 2. The molecule has 2 aromatic heterocycles. The molecule has 3 aromatic rings. The van der Waals surface area contributed by atoms with Gasteiger partial charge in [-0.1, -0.05) is 31.2 Å². The normalized spacial score (nSPS) is 16.3. The van der Waals surface area contributed by atoms with Crippen molar-refractivity contribution in [3.05, 3.63) is 77.5 Å². The third-order valence-corrected chi connectivity index (χ3v) is 8.35. The standard InChI is InChI=1S/C36H49BN4O6/c1-11-27(37-46-35(5,6)36(7,8)47-37)32(29-23-25-15-12-13-16-28(25)39-29)26-18-19-30(38-24-26)44-22-21-41(33(43)45-34(2,3)4)20-14-17-31(42)40(9)10/h12-19,23-24,39H,11,20-22H2,1-10H3/b17-14+,32-27+. The highest BCUT2D eigenvalue weighted by Crippen LogP contribution is 2.42. The summed E-state index contributed by atoms with van der Waals surface area (Å²) in [6, 6.07) is 14.1. The molecule has 1 aromatic carbocycles. The number of H-pyrrole nitrogens is 1. The molecule has 1 aliphatic rings. The largest absolute Gasteiger partial charge is 0.491 e. The minimum absolute atomic E-state index is 0.166. The van der Waals surface area contributed by atoms with Gasteiger partial charge in [-0.3, -0.25) is 4.79 Å². The minimum Gasteiger partial charge on any atom is -0.476 e. The zero-order valence-corrected chi connectivity index (χ0v) is 29.5. The van der Waals surface area contributed by atoms with Crippen molar-refractivity contribution >= 4 is 35.6 Å². The van der Waals surface area contributed by atoms with Gasteiger partial charge in [0.1, 0.15) is 12.2 Å². The van der Waals surface area contributed by atoms with E-state index < -0.39 is 30.0 Å². The first kappa shape index (κ1) is 35.8. The van der Waals surface area contributed by atoms with E-state index in [0.717, 1.165) is 33.2 Å². The summed E-state index contributed by atoms with van der Waals surface area (Å²) in [5, 5.41) is 1.10. The van der Waals surface area contributed by atoms with Crippen LogP contribution in [0.15, 0.2) is 66.3 Å². The molecule has 47 heavy (non-hydrogen) atoms. The van der Waals surface area contributed by atoms with Crippen LogP contribution in [0, 0.1) is 0 Å². The summed E-state index contributed by atoms with van der Waals surface area (Å²) in [6.45, 7) is 16.4. The molecule has 0 aliphatic carbocycles. The maximum absolute atomic E-state index is 12.9. The molecule has 0 saturated carbocycles. The first-order valence-corrected chi connectivity index (χ1v) is 16.1. The van der Waals surface area contributed by atoms with Gasteiger partial charge in [-0.25, -0.2) is 9.78 Å². The third-order valence-electron chi connectivity index (χ3n) is 8.35. The number of carbonyl (C=O) groups is 2. The lowest BCUT2D eigenvalue weighted by atomic mass is 9.71. The van der Waals surface area contributed by atoms with Gasteiger partial charge in [0.2, 0.25) is 11.8 Å². The van der Waals surface area contributed by atoms with Crippen molar-refractivity contribution < 1.29 is 28.4 Å². The zero-order valence-electron chi connectivity index (χ0n) is 29.5. The van der Waals surface area contributed by atoms with Crippen molar-refractivity contribution in [2.75, 3.05) is 33.8 Å². The lowest BCUT2D eigenvalue weighted by molar-refractivity contribution is -0.123. The predicted octanol–water partition coefficient (Wildman–Crippen LogP) is 6.67. The molecule has 2 amide bonds. The molecule has 4 rings (SSSR count). The Hall–Kier alpha value is -4.09. The van der Waals surface area contributed by atoms with Crippen molar-refractivity contribution in [2.45, 2.75) is 78.6 Å². The van der Waals surface area contributed by atoms with Crippen LogP contribution in [0.4, 0.5) is 4.79 Å². The smallest absolute Gasteiger partial charge is 0.476 e. The molecule has 1 aliphatic heterocycles. The fourth-order valence-electron chi connectivity index (χ4n) is 5.06. The Labute approximate surface area is 279 Å². The van der Waals surface area contributed by atoms with Gasteiger partial charge >= 0.3 is 13.2 Å². The number of rotatable bonds is 11. The maximum atomic E-state index is 12.9. The number of aromatic nitrogens is 2. The topological polar surface area (TPSA) is 106 Å². The second-order valence-electron chi connectivity index (χ2n) is 13.9. The highest BCUT2D eigenvalue weighted by atomic mass is 16.7. The van der Waals surface area contributed by atoms with Gasteiger partial charge in [0.15, 0.2) is 0 Å². The minimum atomic E-state index is -0.662. The van der Waals surface area contributed by atoms with Crippen molar-refractivity contribution in [3.63, 3.8) is 0 Å². The van der Waals surface area contributed by atoms with E-state index in [4.69, 9.17) is 18.8 Å². The third kappa shape index (κ3) is 8.84. The van der Waals surface area contributed by atoms with E-state index in [2.05, 4.69) is 62.8 Å². The fraction of sp³-hybridized carbons (Fsp3) is 0.472. The van der Waals surface area contributed by atoms with Crippen LogP contribution in [0.2, 0.25) is 0 Å². The molecular formula is C36H49BN4O6. The average Bonchev–Trinajstić information content (AvgIpc) is 3.50. The molecule has 0 bridgehead atoms. The summed E-state index contributed by atoms with van der Waals surface area (Å²) < 4.78 is 24.6. The monoisotopic (exact) mass is 644 g/mol. The van der Waals surface area contributed by atoms with E-state index in [1.165, 1.54) is 15.9 Å². The van der Waals surface area contributed by atoms with E-state index in [9.17, 15) is 9.59 Å². The Kier molecular flexibility index (Phi) is 10.9. The Morgan fingerprint density at radius 2 is 1.72 bits per heavy atom. The van der Waals surface area contributed by atoms with E-state index >= 15 is 0 Å². The van der Waals surface area contributed by atoms with E-state index in [1.807, 2.05) is 45.0 Å². The number of nitrogens with zero attached hydrogens (tertiary/aromatic N) is 3. The van der Waals surface area contributed by atoms with Crippen LogP contribution in [0.1, 0.15) is 73.1 Å². The molecule has 1 fully saturated rings. The average molecular weight is 645 g/mol. The molecule has 3 heterocycles. The van der Waals surface area contributed by atoms with Crippen molar-refractivity contribution in [2.24, 2.45) is 0 Å². The second-order valence-corrected chi connectivity index (χ2v) is 13.9. The number of para-hydroxylation sites is 1. The van der Waals surface area contributed by atoms with Crippen LogP contribution in [0.3, 0.4) is 0 Å². The number of benzene rings is 1. The van der Waals surface area contributed by atoms with E-state index in [-0.39, 0.29) is 25.6 Å². The van der Waals surface area contributed by atoms with Gasteiger partial charge in [0.05, 0.1) is 17.7 Å². The highest BCUT2D eigenvalue weighted by Gasteiger charge is 2.52. The molecule has 1 N–H and O–H groups in total. The van der Waals surface area contributed by atoms with Gasteiger partial charge < -0.3 is 33.6 Å². The maximum Gasteiger partial charge on any atom is 0.491 e. The highest BCUT2D eigenvalue weighted by molar-refractivity contribution is 6.56. The summed E-state index contributed by atoms with van der Waals surface area (Å²) in [6.07, 6.45) is 5.08. The summed E-state index contributed by atoms with van der Waals surface area (Å²) in [5.74, 6) is 0.251. The van der Waals surface area contributed by atoms with Crippen molar-refractivity contribution in [1.82, 2.24) is 19.8 Å². The van der Waals surface area contributed by atoms with Crippen LogP contribution in [-0.4, -0.2) is 89.5 Å². The van der Waals surface area contributed by atoms with Crippen LogP contribution in [0.25, 0.3) is 16.5 Å². The number of pyridine rings is 1. The summed E-state index contributed by atoms with van der Waals surface area (Å²) >= 11 is 0. The number of likely N-dealkylation sites (N-methyl/N-ethyl adjacent to an activating group) is 1. The number of nitrogens with one attached hydrogen (secondary N) is 1. The summed E-state index contributed by atoms with van der Waals surface area (Å²) in [4.78, 5) is 36.0. The molecule has 11 heteroatoms. The van der Waals surface area contributed by atoms with E-state index in [1.54, 1.807) is 26.4 Å². The van der Waals surface area contributed by atoms with Crippen LogP contribution in [0.5, 0.6) is 5.88 Å². The number of hydrogen-bond donors (Lipinski definition) is 1. The number of carbonyl (C=O) groups excluding carboxylic acids is 2. The fourth-order valence-corrected chi connectivity index (χ4v) is 5.06. The van der Waals surface area contributed by atoms with Gasteiger partial charge in [-0.15, -0.1) is 0 Å². The first-order valence-electron chi connectivity index (χ1n) is 16.1. The van der Waals surface area contributed by atoms with Gasteiger partial charge in [-0.2, -0.15) is 0 Å². The van der Waals surface area contributed by atoms with Crippen molar-refractivity contribution in [3.8, 4) is 5.88 Å². The second kappa shape index (κ2) is 14.4. The van der Waals surface area contributed by atoms with Gasteiger partial charge in [-0.05, 0) is 78.6 Å². The SMILES string of the molecule is CC/C(B1OC(C)(C)C(C)(C)O1)=C(/c1ccc(OCCN(C/C=C/C(=O)N(C)C)C(=O)OC(C)(C)C)nc1)c1cc2ccccc2[nH]1. The van der Waals surface area contributed by atoms with Crippen LogP contribution < -0.4 is 4.74 Å². The molecule has 0 unspecified atom stereocenters. The lowest BCUT2D eigenvalue weighted by Crippen LogP contribution is -2.41.